The van der Waals surface area contributed by atoms with Gasteiger partial charge in [-0.1, -0.05) is 12.2 Å². The minimum absolute atomic E-state index is 0.167. The lowest BCUT2D eigenvalue weighted by molar-refractivity contribution is -0.0785. The maximum absolute atomic E-state index is 11.7. The van der Waals surface area contributed by atoms with Crippen molar-refractivity contribution in [2.24, 2.45) is 0 Å². The van der Waals surface area contributed by atoms with E-state index in [9.17, 15) is 15.0 Å². The Bertz CT molecular complexity index is 615. The summed E-state index contributed by atoms with van der Waals surface area (Å²) in [5, 5.41) is 28.8. The van der Waals surface area contributed by atoms with E-state index in [1.54, 1.807) is 0 Å². The van der Waals surface area contributed by atoms with Crippen LogP contribution >= 0.6 is 12.2 Å². The van der Waals surface area contributed by atoms with E-state index >= 15 is 0 Å². The van der Waals surface area contributed by atoms with Crippen LogP contribution in [0.1, 0.15) is 13.2 Å². The fourth-order valence-electron chi connectivity index (χ4n) is 1.76. The standard InChI is InChI=1S/C10H12N2O5S/c1-10(16)7(14)5(4-13)17-8(10)12-3-2-6(18)11-9(12)15/h2-3,8,13-14,16H,4H2,1H3,(H,11,15,18)/t8-,10?/m1/s1. The minimum atomic E-state index is -1.81. The highest BCUT2D eigenvalue weighted by molar-refractivity contribution is 7.71. The number of nitrogens with one attached hydrogen (secondary N) is 1. The van der Waals surface area contributed by atoms with E-state index in [4.69, 9.17) is 22.1 Å². The third-order valence-corrected chi connectivity index (χ3v) is 2.96. The lowest BCUT2D eigenvalue weighted by atomic mass is 10.0. The van der Waals surface area contributed by atoms with Crippen LogP contribution < -0.4 is 5.69 Å². The Balaban J connectivity index is 2.49. The molecule has 0 aliphatic carbocycles. The van der Waals surface area contributed by atoms with E-state index < -0.39 is 29.9 Å². The van der Waals surface area contributed by atoms with Gasteiger partial charge in [0.05, 0.1) is 0 Å². The van der Waals surface area contributed by atoms with Gasteiger partial charge in [-0.25, -0.2) is 4.79 Å². The van der Waals surface area contributed by atoms with Gasteiger partial charge in [0, 0.05) is 6.20 Å². The van der Waals surface area contributed by atoms with Crippen molar-refractivity contribution >= 4 is 12.2 Å². The van der Waals surface area contributed by atoms with Gasteiger partial charge in [0.15, 0.2) is 17.1 Å². The second-order valence-corrected chi connectivity index (χ2v) is 4.50. The molecule has 0 spiro atoms. The Kier molecular flexibility index (Phi) is 3.01. The molecule has 2 rings (SSSR count). The number of aromatic amines is 1. The third-order valence-electron chi connectivity index (χ3n) is 2.73. The van der Waals surface area contributed by atoms with Crippen LogP contribution in [0.25, 0.3) is 0 Å². The smallest absolute Gasteiger partial charge is 0.329 e. The lowest BCUT2D eigenvalue weighted by Crippen LogP contribution is -2.40. The number of ether oxygens (including phenoxy) is 1. The molecule has 0 saturated heterocycles. The fraction of sp³-hybridized carbons (Fsp3) is 0.400. The van der Waals surface area contributed by atoms with Gasteiger partial charge >= 0.3 is 5.69 Å². The van der Waals surface area contributed by atoms with Crippen molar-refractivity contribution in [3.05, 3.63) is 38.9 Å². The van der Waals surface area contributed by atoms with Crippen molar-refractivity contribution in [2.75, 3.05) is 6.61 Å². The van der Waals surface area contributed by atoms with Crippen molar-refractivity contribution < 1.29 is 20.1 Å². The van der Waals surface area contributed by atoms with Gasteiger partial charge in [0.25, 0.3) is 0 Å². The number of aromatic nitrogens is 2. The second-order valence-electron chi connectivity index (χ2n) is 4.07. The largest absolute Gasteiger partial charge is 0.506 e. The number of aliphatic hydroxyl groups excluding tert-OH is 2. The Morgan fingerprint density at radius 1 is 1.67 bits per heavy atom. The molecule has 1 aliphatic rings. The van der Waals surface area contributed by atoms with E-state index in [0.29, 0.717) is 0 Å². The first-order valence-corrected chi connectivity index (χ1v) is 5.52. The Labute approximate surface area is 107 Å². The van der Waals surface area contributed by atoms with Gasteiger partial charge in [0.2, 0.25) is 6.23 Å². The molecule has 2 heterocycles. The van der Waals surface area contributed by atoms with E-state index in [-0.39, 0.29) is 10.4 Å². The third kappa shape index (κ3) is 1.84. The highest BCUT2D eigenvalue weighted by Crippen LogP contribution is 2.38. The number of rotatable bonds is 2. The molecule has 7 nitrogen and oxygen atoms in total. The van der Waals surface area contributed by atoms with Crippen LogP contribution in [-0.4, -0.2) is 37.1 Å². The average Bonchev–Trinajstić information content (AvgIpc) is 2.52. The zero-order chi connectivity index (χ0) is 13.5. The second kappa shape index (κ2) is 4.23. The van der Waals surface area contributed by atoms with E-state index in [0.717, 1.165) is 4.57 Å². The Hall–Kier alpha value is -1.64. The van der Waals surface area contributed by atoms with Gasteiger partial charge < -0.3 is 20.1 Å². The van der Waals surface area contributed by atoms with Crippen molar-refractivity contribution in [1.82, 2.24) is 9.55 Å². The fourth-order valence-corrected chi connectivity index (χ4v) is 1.90. The topological polar surface area (TPSA) is 108 Å². The first-order chi connectivity index (χ1) is 8.37. The zero-order valence-corrected chi connectivity index (χ0v) is 10.3. The molecule has 0 fully saturated rings. The molecule has 4 N–H and O–H groups in total. The van der Waals surface area contributed by atoms with E-state index in [1.165, 1.54) is 19.2 Å². The summed E-state index contributed by atoms with van der Waals surface area (Å²) in [7, 11) is 0. The molecule has 0 bridgehead atoms. The maximum atomic E-state index is 11.7. The quantitative estimate of drug-likeness (QED) is 0.562. The van der Waals surface area contributed by atoms with Gasteiger partial charge in [-0.15, -0.1) is 0 Å². The minimum Gasteiger partial charge on any atom is -0.506 e. The molecule has 98 valence electrons. The molecule has 18 heavy (non-hydrogen) atoms. The van der Waals surface area contributed by atoms with Crippen molar-refractivity contribution in [3.8, 4) is 0 Å². The van der Waals surface area contributed by atoms with Crippen molar-refractivity contribution in [1.29, 1.82) is 0 Å². The first-order valence-electron chi connectivity index (χ1n) is 5.12. The molecular weight excluding hydrogens is 260 g/mol. The Morgan fingerprint density at radius 3 is 2.83 bits per heavy atom. The molecular formula is C10H12N2O5S. The summed E-state index contributed by atoms with van der Waals surface area (Å²) in [5.74, 6) is -0.663. The molecule has 8 heteroatoms. The molecule has 0 saturated carbocycles. The maximum Gasteiger partial charge on any atom is 0.329 e. The van der Waals surface area contributed by atoms with Gasteiger partial charge in [-0.3, -0.25) is 9.55 Å². The summed E-state index contributed by atoms with van der Waals surface area (Å²) in [6, 6.07) is 1.45. The Morgan fingerprint density at radius 2 is 2.33 bits per heavy atom. The summed E-state index contributed by atoms with van der Waals surface area (Å²) in [6.07, 6.45) is 0.174. The molecule has 1 aliphatic heterocycles. The summed E-state index contributed by atoms with van der Waals surface area (Å²) in [5.41, 5.74) is -2.39. The molecule has 1 aromatic rings. The van der Waals surface area contributed by atoms with Crippen LogP contribution in [0.15, 0.2) is 28.6 Å². The zero-order valence-electron chi connectivity index (χ0n) is 9.45. The number of H-pyrrole nitrogens is 1. The van der Waals surface area contributed by atoms with Gasteiger partial charge in [-0.05, 0) is 13.0 Å². The summed E-state index contributed by atoms with van der Waals surface area (Å²) >= 11 is 4.79. The van der Waals surface area contributed by atoms with Gasteiger partial charge in [0.1, 0.15) is 11.2 Å². The van der Waals surface area contributed by atoms with Crippen LogP contribution in [0.5, 0.6) is 0 Å². The predicted molar refractivity (Wildman–Crippen MR) is 63.4 cm³/mol. The SMILES string of the molecule is CC1(O)C(O)=C(CO)O[C@H]1n1ccc(=S)[nH]c1=O. The molecule has 2 atom stereocenters. The lowest BCUT2D eigenvalue weighted by Gasteiger charge is -2.25. The molecule has 0 amide bonds. The summed E-state index contributed by atoms with van der Waals surface area (Å²) in [6.45, 7) is 0.708. The van der Waals surface area contributed by atoms with Crippen LogP contribution in [0.4, 0.5) is 0 Å². The van der Waals surface area contributed by atoms with Gasteiger partial charge in [-0.2, -0.15) is 0 Å². The number of hydrogen-bond donors (Lipinski definition) is 4. The number of nitrogens with zero attached hydrogens (tertiary/aromatic N) is 1. The van der Waals surface area contributed by atoms with Crippen LogP contribution in [0, 0.1) is 4.64 Å². The highest BCUT2D eigenvalue weighted by atomic mass is 32.1. The number of aliphatic hydroxyl groups is 3. The summed E-state index contributed by atoms with van der Waals surface area (Å²) in [4.78, 5) is 14.1. The molecule has 1 unspecified atom stereocenters. The predicted octanol–water partition coefficient (Wildman–Crippen LogP) is -0.0524. The number of hydrogen-bond acceptors (Lipinski definition) is 6. The molecule has 1 aromatic heterocycles. The normalized spacial score (nSPS) is 27.4. The van der Waals surface area contributed by atoms with Crippen molar-refractivity contribution in [2.45, 2.75) is 18.8 Å². The molecule has 0 radical (unpaired) electrons. The first kappa shape index (κ1) is 12.8. The average molecular weight is 272 g/mol. The van der Waals surface area contributed by atoms with Crippen LogP contribution in [0.3, 0.4) is 0 Å². The molecule has 0 aromatic carbocycles. The summed E-state index contributed by atoms with van der Waals surface area (Å²) < 4.78 is 6.48. The van der Waals surface area contributed by atoms with Crippen LogP contribution in [0.2, 0.25) is 0 Å². The van der Waals surface area contributed by atoms with E-state index in [2.05, 4.69) is 4.98 Å². The monoisotopic (exact) mass is 272 g/mol. The highest BCUT2D eigenvalue weighted by Gasteiger charge is 2.48. The van der Waals surface area contributed by atoms with Crippen molar-refractivity contribution in [3.63, 3.8) is 0 Å². The van der Waals surface area contributed by atoms with Crippen LogP contribution in [-0.2, 0) is 4.74 Å². The van der Waals surface area contributed by atoms with E-state index in [1.807, 2.05) is 0 Å².